The average molecular weight is 1030 g/mol. The molecule has 0 atom stereocenters. The normalized spacial score (nSPS) is 11.3. The van der Waals surface area contributed by atoms with Crippen molar-refractivity contribution in [3.63, 3.8) is 0 Å². The lowest BCUT2D eigenvalue weighted by molar-refractivity contribution is 0.627. The van der Waals surface area contributed by atoms with E-state index in [4.69, 9.17) is 0 Å². The molecule has 0 nitrogen and oxygen atoms in total. The Morgan fingerprint density at radius 2 is 0.333 bits per heavy atom. The fourth-order valence-corrected chi connectivity index (χ4v) is 11.8. The van der Waals surface area contributed by atoms with Gasteiger partial charge in [0.25, 0.3) is 0 Å². The minimum absolute atomic E-state index is 0.402. The first-order chi connectivity index (χ1) is 37.6. The summed E-state index contributed by atoms with van der Waals surface area (Å²) in [6, 6.07) is 59.0. The summed E-state index contributed by atoms with van der Waals surface area (Å²) >= 11 is 0. The van der Waals surface area contributed by atoms with E-state index in [0.717, 1.165) is 100 Å². The molecule has 0 amide bonds. The Labute approximate surface area is 451 Å². The maximum atomic E-state index is 15.3. The van der Waals surface area contributed by atoms with Crippen LogP contribution in [0.1, 0.15) is 33.4 Å². The summed E-state index contributed by atoms with van der Waals surface area (Å²) in [5.74, 6) is -2.54. The van der Waals surface area contributed by atoms with Crippen LogP contribution in [0.25, 0.3) is 111 Å². The Bertz CT molecular complexity index is 3760. The zero-order valence-corrected chi connectivity index (χ0v) is 43.9. The molecule has 0 saturated heterocycles. The van der Waals surface area contributed by atoms with Gasteiger partial charge in [-0.3, -0.25) is 0 Å². The van der Waals surface area contributed by atoms with Gasteiger partial charge >= 0.3 is 0 Å². The van der Waals surface area contributed by atoms with E-state index in [1.807, 2.05) is 12.1 Å². The summed E-state index contributed by atoms with van der Waals surface area (Å²) < 4.78 is 91.0. The van der Waals surface area contributed by atoms with Crippen molar-refractivity contribution in [2.75, 3.05) is 0 Å². The lowest BCUT2D eigenvalue weighted by Crippen LogP contribution is -2.01. The minimum atomic E-state index is -0.446. The van der Waals surface area contributed by atoms with Crippen molar-refractivity contribution in [3.8, 4) is 111 Å². The van der Waals surface area contributed by atoms with E-state index in [1.165, 1.54) is 72.8 Å². The van der Waals surface area contributed by atoms with Gasteiger partial charge in [0.2, 0.25) is 0 Å². The highest BCUT2D eigenvalue weighted by Gasteiger charge is 2.29. The van der Waals surface area contributed by atoms with Gasteiger partial charge in [0.1, 0.15) is 34.9 Å². The Kier molecular flexibility index (Phi) is 13.7. The number of hydrogen-bond donors (Lipinski definition) is 0. The molecule has 0 aliphatic carbocycles. The van der Waals surface area contributed by atoms with Crippen LogP contribution in [0.2, 0.25) is 0 Å². The summed E-state index contributed by atoms with van der Waals surface area (Å²) in [7, 11) is 0. The van der Waals surface area contributed by atoms with Crippen molar-refractivity contribution in [2.45, 2.75) is 41.5 Å². The van der Waals surface area contributed by atoms with E-state index in [1.54, 1.807) is 72.8 Å². The smallest absolute Gasteiger partial charge is 0.123 e. The monoisotopic (exact) mass is 1030 g/mol. The molecule has 11 rings (SSSR count). The quantitative estimate of drug-likeness (QED) is 0.120. The molecule has 0 N–H and O–H groups in total. The molecule has 78 heavy (non-hydrogen) atoms. The number of aryl methyl sites for hydroxylation is 6. The summed E-state index contributed by atoms with van der Waals surface area (Å²) in [5, 5.41) is 0. The van der Waals surface area contributed by atoms with Crippen LogP contribution in [0.3, 0.4) is 0 Å². The Balaban J connectivity index is 1.33. The predicted molar refractivity (Wildman–Crippen MR) is 309 cm³/mol. The van der Waals surface area contributed by atoms with Crippen LogP contribution < -0.4 is 0 Å². The second-order valence-corrected chi connectivity index (χ2v) is 20.3. The van der Waals surface area contributed by atoms with Gasteiger partial charge < -0.3 is 0 Å². The van der Waals surface area contributed by atoms with Gasteiger partial charge in [-0.05, 0) is 248 Å². The van der Waals surface area contributed by atoms with Gasteiger partial charge in [0, 0.05) is 0 Å². The maximum absolute atomic E-state index is 15.3. The van der Waals surface area contributed by atoms with Crippen LogP contribution in [0.4, 0.5) is 26.3 Å². The van der Waals surface area contributed by atoms with Crippen molar-refractivity contribution in [3.05, 3.63) is 275 Å². The fourth-order valence-electron chi connectivity index (χ4n) is 11.8. The van der Waals surface area contributed by atoms with Crippen LogP contribution in [0.15, 0.2) is 206 Å². The van der Waals surface area contributed by atoms with Gasteiger partial charge in [0.15, 0.2) is 0 Å². The van der Waals surface area contributed by atoms with Crippen LogP contribution in [0.5, 0.6) is 0 Å². The first-order valence-corrected chi connectivity index (χ1v) is 25.9. The van der Waals surface area contributed by atoms with Gasteiger partial charge in [-0.2, -0.15) is 0 Å². The standard InChI is InChI=1S/C72H52F6/c1-41-37-43(3)65(44(4)38-41)63-35-33-61(69(49-11-23-55(75)24-12-49)71(63)51-15-27-57(77)28-16-51)59-31-32-60(68(48-9-21-54(74)22-10-48)67(59)47-7-19-53(73)20-8-47)62-34-36-64(66-45(5)39-42(2)40-46(66)6)72(52-17-29-58(78)30-18-52)70(62)50-13-25-56(76)26-14-50/h7-40H,1-6H3. The number of rotatable bonds is 10. The first-order valence-electron chi connectivity index (χ1n) is 25.9. The zero-order chi connectivity index (χ0) is 54.5. The van der Waals surface area contributed by atoms with Gasteiger partial charge in [-0.1, -0.05) is 145 Å². The Morgan fingerprint density at radius 1 is 0.179 bits per heavy atom. The fraction of sp³-hybridized carbons (Fsp3) is 0.0833. The van der Waals surface area contributed by atoms with Crippen molar-refractivity contribution >= 4 is 0 Å². The summed E-state index contributed by atoms with van der Waals surface area (Å²) in [4.78, 5) is 0. The van der Waals surface area contributed by atoms with E-state index < -0.39 is 34.9 Å². The molecule has 382 valence electrons. The van der Waals surface area contributed by atoms with Gasteiger partial charge in [-0.15, -0.1) is 0 Å². The molecule has 0 unspecified atom stereocenters. The summed E-state index contributed by atoms with van der Waals surface area (Å²) in [6.07, 6.45) is 0. The highest BCUT2D eigenvalue weighted by atomic mass is 19.1. The van der Waals surface area contributed by atoms with Gasteiger partial charge in [-0.25, -0.2) is 26.3 Å². The molecule has 0 radical (unpaired) electrons. The van der Waals surface area contributed by atoms with E-state index in [9.17, 15) is 0 Å². The zero-order valence-electron chi connectivity index (χ0n) is 43.9. The second kappa shape index (κ2) is 20.8. The van der Waals surface area contributed by atoms with E-state index in [-0.39, 0.29) is 0 Å². The van der Waals surface area contributed by atoms with E-state index in [0.29, 0.717) is 44.5 Å². The molecule has 0 aliphatic heterocycles. The Morgan fingerprint density at radius 3 is 0.513 bits per heavy atom. The largest absolute Gasteiger partial charge is 0.207 e. The lowest BCUT2D eigenvalue weighted by atomic mass is 9.76. The second-order valence-electron chi connectivity index (χ2n) is 20.3. The number of benzene rings is 11. The number of hydrogen-bond acceptors (Lipinski definition) is 0. The molecule has 11 aromatic rings. The first kappa shape index (κ1) is 51.1. The third-order valence-corrected chi connectivity index (χ3v) is 14.9. The average Bonchev–Trinajstić information content (AvgIpc) is 3.54. The molecular formula is C72H52F6. The van der Waals surface area contributed by atoms with E-state index >= 15 is 26.3 Å². The third-order valence-electron chi connectivity index (χ3n) is 14.9. The van der Waals surface area contributed by atoms with Crippen molar-refractivity contribution < 1.29 is 26.3 Å². The van der Waals surface area contributed by atoms with E-state index in [2.05, 4.69) is 90.1 Å². The highest BCUT2D eigenvalue weighted by molar-refractivity contribution is 6.11. The molecule has 0 bridgehead atoms. The number of halogens is 6. The highest BCUT2D eigenvalue weighted by Crippen LogP contribution is 2.55. The Hall–Kier alpha value is -9.00. The lowest BCUT2D eigenvalue weighted by Gasteiger charge is -2.27. The molecule has 11 aromatic carbocycles. The predicted octanol–water partition coefficient (Wildman–Crippen LogP) is 21.0. The van der Waals surface area contributed by atoms with Crippen molar-refractivity contribution in [1.29, 1.82) is 0 Å². The molecule has 0 fully saturated rings. The molecule has 0 aliphatic rings. The SMILES string of the molecule is Cc1cc(C)c(-c2ccc(-c3ccc(-c4ccc(-c5c(C)cc(C)cc5C)c(-c5ccc(F)cc5)c4-c4ccc(F)cc4)c(-c4ccc(F)cc4)c3-c3ccc(F)cc3)c(-c3ccc(F)cc3)c2-c2ccc(F)cc2)c(C)c1. The van der Waals surface area contributed by atoms with Crippen LogP contribution >= 0.6 is 0 Å². The topological polar surface area (TPSA) is 0 Å². The molecule has 6 heteroatoms. The van der Waals surface area contributed by atoms with Crippen LogP contribution in [0, 0.1) is 76.4 Å². The third kappa shape index (κ3) is 9.64. The summed E-state index contributed by atoms with van der Waals surface area (Å²) in [6.45, 7) is 12.4. The maximum Gasteiger partial charge on any atom is 0.123 e. The van der Waals surface area contributed by atoms with Crippen LogP contribution in [-0.2, 0) is 0 Å². The van der Waals surface area contributed by atoms with Crippen molar-refractivity contribution in [2.24, 2.45) is 0 Å². The molecular weight excluding hydrogens is 979 g/mol. The molecule has 0 heterocycles. The van der Waals surface area contributed by atoms with Crippen molar-refractivity contribution in [1.82, 2.24) is 0 Å². The molecule has 0 saturated carbocycles. The minimum Gasteiger partial charge on any atom is -0.207 e. The van der Waals surface area contributed by atoms with Crippen LogP contribution in [-0.4, -0.2) is 0 Å². The van der Waals surface area contributed by atoms with Gasteiger partial charge in [0.05, 0.1) is 0 Å². The molecule has 0 aromatic heterocycles. The summed E-state index contributed by atoms with van der Waals surface area (Å²) in [5.41, 5.74) is 21.5. The molecule has 0 spiro atoms.